The van der Waals surface area contributed by atoms with Crippen molar-refractivity contribution in [1.29, 1.82) is 0 Å². The van der Waals surface area contributed by atoms with Crippen molar-refractivity contribution in [2.45, 2.75) is 19.0 Å². The maximum atomic E-state index is 13.0. The Labute approximate surface area is 187 Å². The van der Waals surface area contributed by atoms with E-state index in [1.165, 1.54) is 4.90 Å². The number of carbonyl (C=O) groups is 2. The third-order valence-corrected chi connectivity index (χ3v) is 5.43. The number of carbonyl (C=O) groups excluding carboxylic acids is 2. The first-order valence-electron chi connectivity index (χ1n) is 9.76. The summed E-state index contributed by atoms with van der Waals surface area (Å²) in [6, 6.07) is 13.8. The number of nitrogens with one attached hydrogen (secondary N) is 1. The van der Waals surface area contributed by atoms with Gasteiger partial charge in [0, 0.05) is 18.8 Å². The molecule has 7 nitrogen and oxygen atoms in total. The van der Waals surface area contributed by atoms with Gasteiger partial charge >= 0.3 is 0 Å². The van der Waals surface area contributed by atoms with Crippen molar-refractivity contribution in [2.24, 2.45) is 0 Å². The van der Waals surface area contributed by atoms with Crippen LogP contribution in [0.25, 0.3) is 0 Å². The Kier molecular flexibility index (Phi) is 7.25. The molecule has 1 saturated heterocycles. The minimum atomic E-state index is -0.687. The van der Waals surface area contributed by atoms with E-state index >= 15 is 0 Å². The second-order valence-electron chi connectivity index (χ2n) is 6.99. The van der Waals surface area contributed by atoms with Gasteiger partial charge in [0.2, 0.25) is 5.91 Å². The monoisotopic (exact) mass is 439 g/mol. The zero-order valence-corrected chi connectivity index (χ0v) is 18.4. The second-order valence-corrected chi connectivity index (χ2v) is 7.36. The van der Waals surface area contributed by atoms with Crippen molar-refractivity contribution < 1.29 is 19.1 Å². The van der Waals surface area contributed by atoms with E-state index in [1.807, 2.05) is 24.3 Å². The number of thiocarbonyl (C=S) groups is 1. The largest absolute Gasteiger partial charge is 0.497 e. The molecule has 0 unspecified atom stereocenters. The van der Waals surface area contributed by atoms with Crippen LogP contribution in [0, 0.1) is 0 Å². The normalized spacial score (nSPS) is 15.7. The van der Waals surface area contributed by atoms with Crippen molar-refractivity contribution in [3.8, 4) is 11.5 Å². The fourth-order valence-corrected chi connectivity index (χ4v) is 3.71. The standard InChI is InChI=1S/C23H25N3O4S/c1-4-13-25-22(28)20(14-21(27)24-17-7-11-19(30-3)12-8-17)26(23(25)31)15-16-5-9-18(29-2)10-6-16/h4-12,20H,1,13-15H2,2-3H3,(H,24,27)/t20-/m1/s1. The minimum absolute atomic E-state index is 0.0190. The molecular formula is C23H25N3O4S. The third-order valence-electron chi connectivity index (χ3n) is 4.98. The van der Waals surface area contributed by atoms with Gasteiger partial charge in [-0.15, -0.1) is 6.58 Å². The average Bonchev–Trinajstić information content (AvgIpc) is 2.99. The number of amides is 2. The number of anilines is 1. The molecule has 0 spiro atoms. The lowest BCUT2D eigenvalue weighted by Crippen LogP contribution is -2.37. The molecule has 8 heteroatoms. The van der Waals surface area contributed by atoms with Gasteiger partial charge in [-0.1, -0.05) is 18.2 Å². The summed E-state index contributed by atoms with van der Waals surface area (Å²) in [5, 5.41) is 3.22. The lowest BCUT2D eigenvalue weighted by Gasteiger charge is -2.24. The molecule has 0 saturated carbocycles. The number of hydrogen-bond acceptors (Lipinski definition) is 5. The molecule has 2 aromatic rings. The summed E-state index contributed by atoms with van der Waals surface area (Å²) in [5.41, 5.74) is 1.58. The second kappa shape index (κ2) is 10.1. The molecule has 1 N–H and O–H groups in total. The molecule has 0 aliphatic carbocycles. The molecule has 3 rings (SSSR count). The van der Waals surface area contributed by atoms with Crippen molar-refractivity contribution in [3.05, 3.63) is 66.7 Å². The number of methoxy groups -OCH3 is 2. The molecule has 162 valence electrons. The highest BCUT2D eigenvalue weighted by atomic mass is 32.1. The highest BCUT2D eigenvalue weighted by Crippen LogP contribution is 2.25. The van der Waals surface area contributed by atoms with Gasteiger partial charge in [0.05, 0.1) is 20.6 Å². The zero-order chi connectivity index (χ0) is 22.4. The molecule has 0 bridgehead atoms. The lowest BCUT2D eigenvalue weighted by atomic mass is 10.1. The molecule has 0 radical (unpaired) electrons. The molecule has 31 heavy (non-hydrogen) atoms. The Morgan fingerprint density at radius 3 is 2.23 bits per heavy atom. The van der Waals surface area contributed by atoms with Crippen LogP contribution in [-0.4, -0.2) is 53.5 Å². The average molecular weight is 440 g/mol. The van der Waals surface area contributed by atoms with Crippen molar-refractivity contribution in [1.82, 2.24) is 9.80 Å². The number of ether oxygens (including phenoxy) is 2. The first-order chi connectivity index (χ1) is 15.0. The quantitative estimate of drug-likeness (QED) is 0.478. The van der Waals surface area contributed by atoms with Gasteiger partial charge in [-0.2, -0.15) is 0 Å². The Balaban J connectivity index is 1.75. The van der Waals surface area contributed by atoms with E-state index in [1.54, 1.807) is 49.5 Å². The van der Waals surface area contributed by atoms with E-state index in [9.17, 15) is 9.59 Å². The van der Waals surface area contributed by atoms with E-state index in [-0.39, 0.29) is 18.2 Å². The van der Waals surface area contributed by atoms with E-state index in [0.29, 0.717) is 29.6 Å². The summed E-state index contributed by atoms with van der Waals surface area (Å²) in [6.45, 7) is 4.41. The van der Waals surface area contributed by atoms with Gasteiger partial charge in [-0.05, 0) is 54.2 Å². The summed E-state index contributed by atoms with van der Waals surface area (Å²) in [5.74, 6) is 0.961. The molecule has 1 atom stereocenters. The Morgan fingerprint density at radius 1 is 1.10 bits per heavy atom. The van der Waals surface area contributed by atoms with Crippen LogP contribution in [-0.2, 0) is 16.1 Å². The summed E-state index contributed by atoms with van der Waals surface area (Å²) in [7, 11) is 3.18. The highest BCUT2D eigenvalue weighted by molar-refractivity contribution is 7.80. The van der Waals surface area contributed by atoms with Crippen LogP contribution in [0.5, 0.6) is 11.5 Å². The van der Waals surface area contributed by atoms with E-state index in [2.05, 4.69) is 11.9 Å². The van der Waals surface area contributed by atoms with Crippen LogP contribution in [0.3, 0.4) is 0 Å². The predicted molar refractivity (Wildman–Crippen MR) is 123 cm³/mol. The molecular weight excluding hydrogens is 414 g/mol. The molecule has 1 fully saturated rings. The lowest BCUT2D eigenvalue weighted by molar-refractivity contribution is -0.130. The van der Waals surface area contributed by atoms with Crippen LogP contribution in [0.1, 0.15) is 12.0 Å². The minimum Gasteiger partial charge on any atom is -0.497 e. The maximum Gasteiger partial charge on any atom is 0.252 e. The van der Waals surface area contributed by atoms with Crippen LogP contribution in [0.2, 0.25) is 0 Å². The third kappa shape index (κ3) is 5.21. The number of hydrogen-bond donors (Lipinski definition) is 1. The summed E-state index contributed by atoms with van der Waals surface area (Å²) < 4.78 is 10.3. The van der Waals surface area contributed by atoms with E-state index in [4.69, 9.17) is 21.7 Å². The maximum absolute atomic E-state index is 13.0. The predicted octanol–water partition coefficient (Wildman–Crippen LogP) is 3.22. The van der Waals surface area contributed by atoms with Gasteiger partial charge in [-0.25, -0.2) is 0 Å². The number of nitrogens with zero attached hydrogens (tertiary/aromatic N) is 2. The molecule has 1 heterocycles. The summed E-state index contributed by atoms with van der Waals surface area (Å²) >= 11 is 5.55. The Hall–Kier alpha value is -3.39. The fourth-order valence-electron chi connectivity index (χ4n) is 3.36. The first kappa shape index (κ1) is 22.3. The number of rotatable bonds is 9. The molecule has 0 aromatic heterocycles. The van der Waals surface area contributed by atoms with Crippen LogP contribution in [0.15, 0.2) is 61.2 Å². The van der Waals surface area contributed by atoms with Crippen LogP contribution >= 0.6 is 12.2 Å². The fraction of sp³-hybridized carbons (Fsp3) is 0.261. The highest BCUT2D eigenvalue weighted by Gasteiger charge is 2.42. The van der Waals surface area contributed by atoms with Crippen LogP contribution < -0.4 is 14.8 Å². The smallest absolute Gasteiger partial charge is 0.252 e. The Morgan fingerprint density at radius 2 is 1.68 bits per heavy atom. The Bertz CT molecular complexity index is 960. The van der Waals surface area contributed by atoms with Gasteiger partial charge in [0.1, 0.15) is 17.5 Å². The van der Waals surface area contributed by atoms with E-state index in [0.717, 1.165) is 11.3 Å². The van der Waals surface area contributed by atoms with E-state index < -0.39 is 6.04 Å². The van der Waals surface area contributed by atoms with Crippen molar-refractivity contribution in [3.63, 3.8) is 0 Å². The van der Waals surface area contributed by atoms with Gasteiger partial charge in [-0.3, -0.25) is 14.5 Å². The molecule has 2 amide bonds. The number of benzene rings is 2. The summed E-state index contributed by atoms with van der Waals surface area (Å²) in [4.78, 5) is 29.0. The van der Waals surface area contributed by atoms with Crippen LogP contribution in [0.4, 0.5) is 5.69 Å². The molecule has 1 aliphatic rings. The first-order valence-corrected chi connectivity index (χ1v) is 10.2. The van der Waals surface area contributed by atoms with Crippen molar-refractivity contribution in [2.75, 3.05) is 26.1 Å². The molecule has 1 aliphatic heterocycles. The topological polar surface area (TPSA) is 71.1 Å². The summed E-state index contributed by atoms with van der Waals surface area (Å²) in [6.07, 6.45) is 1.60. The van der Waals surface area contributed by atoms with Gasteiger partial charge < -0.3 is 19.7 Å². The SMILES string of the molecule is C=CCN1C(=O)[C@@H](CC(=O)Nc2ccc(OC)cc2)N(Cc2ccc(OC)cc2)C1=S. The van der Waals surface area contributed by atoms with Gasteiger partial charge in [0.25, 0.3) is 5.91 Å². The van der Waals surface area contributed by atoms with Crippen molar-refractivity contribution >= 4 is 34.8 Å². The molecule has 2 aromatic carbocycles. The van der Waals surface area contributed by atoms with Gasteiger partial charge in [0.15, 0.2) is 5.11 Å². The zero-order valence-electron chi connectivity index (χ0n) is 17.5.